The van der Waals surface area contributed by atoms with Crippen LogP contribution in [-0.2, 0) is 16.0 Å². The maximum atomic E-state index is 13.1. The maximum Gasteiger partial charge on any atom is 0.349 e. The number of carbonyl (C=O) groups is 2. The van der Waals surface area contributed by atoms with Gasteiger partial charge in [-0.1, -0.05) is 13.8 Å². The summed E-state index contributed by atoms with van der Waals surface area (Å²) in [6.07, 6.45) is 3.47. The summed E-state index contributed by atoms with van der Waals surface area (Å²) < 4.78 is 11.0. The molecule has 7 heteroatoms. The molecule has 0 aromatic carbocycles. The molecule has 3 heterocycles. The Labute approximate surface area is 178 Å². The first-order valence-corrected chi connectivity index (χ1v) is 10.9. The number of rotatable bonds is 5. The third-order valence-electron chi connectivity index (χ3n) is 6.62. The molecular weight excluding hydrogens is 384 g/mol. The van der Waals surface area contributed by atoms with Crippen molar-refractivity contribution in [3.63, 3.8) is 0 Å². The molecule has 2 saturated heterocycles. The van der Waals surface area contributed by atoms with Crippen molar-refractivity contribution in [3.8, 4) is 0 Å². The van der Waals surface area contributed by atoms with E-state index in [4.69, 9.17) is 9.15 Å². The number of piperidine rings is 2. The second-order valence-corrected chi connectivity index (χ2v) is 9.31. The van der Waals surface area contributed by atoms with Crippen LogP contribution >= 0.6 is 0 Å². The van der Waals surface area contributed by atoms with E-state index in [0.29, 0.717) is 62.6 Å². The molecule has 0 aliphatic carbocycles. The van der Waals surface area contributed by atoms with E-state index in [-0.39, 0.29) is 23.5 Å². The van der Waals surface area contributed by atoms with Crippen molar-refractivity contribution >= 4 is 11.8 Å². The molecule has 2 amide bonds. The number of hydrogen-bond donors (Lipinski definition) is 0. The van der Waals surface area contributed by atoms with Crippen LogP contribution < -0.4 is 5.63 Å². The molecule has 1 spiro atoms. The molecule has 7 nitrogen and oxygen atoms in total. The normalized spacial score (nSPS) is 21.5. The molecule has 0 radical (unpaired) electrons. The van der Waals surface area contributed by atoms with E-state index in [1.165, 1.54) is 0 Å². The Bertz CT molecular complexity index is 852. The fraction of sp³-hybridized carbons (Fsp3) is 0.696. The van der Waals surface area contributed by atoms with Gasteiger partial charge in [-0.25, -0.2) is 4.79 Å². The van der Waals surface area contributed by atoms with Gasteiger partial charge in [-0.15, -0.1) is 0 Å². The minimum Gasteiger partial charge on any atom is -0.427 e. The molecule has 2 fully saturated rings. The largest absolute Gasteiger partial charge is 0.427 e. The quantitative estimate of drug-likeness (QED) is 0.734. The van der Waals surface area contributed by atoms with Crippen molar-refractivity contribution in [1.29, 1.82) is 0 Å². The number of amides is 2. The van der Waals surface area contributed by atoms with Crippen LogP contribution in [0.3, 0.4) is 0 Å². The molecule has 0 N–H and O–H groups in total. The highest BCUT2D eigenvalue weighted by molar-refractivity contribution is 5.95. The van der Waals surface area contributed by atoms with Crippen molar-refractivity contribution in [2.45, 2.75) is 59.0 Å². The van der Waals surface area contributed by atoms with Crippen LogP contribution in [0.5, 0.6) is 0 Å². The molecule has 3 rings (SSSR count). The highest BCUT2D eigenvalue weighted by Gasteiger charge is 2.48. The van der Waals surface area contributed by atoms with Gasteiger partial charge in [0, 0.05) is 40.2 Å². The second-order valence-electron chi connectivity index (χ2n) is 9.31. The molecule has 1 aromatic heterocycles. The third-order valence-corrected chi connectivity index (χ3v) is 6.62. The van der Waals surface area contributed by atoms with Gasteiger partial charge in [0.15, 0.2) is 0 Å². The van der Waals surface area contributed by atoms with Crippen LogP contribution in [0.4, 0.5) is 0 Å². The number of aryl methyl sites for hydroxylation is 2. The zero-order valence-electron chi connectivity index (χ0n) is 18.8. The van der Waals surface area contributed by atoms with Crippen molar-refractivity contribution in [2.75, 3.05) is 33.8 Å². The first-order chi connectivity index (χ1) is 14.2. The van der Waals surface area contributed by atoms with E-state index in [2.05, 4.69) is 13.8 Å². The summed E-state index contributed by atoms with van der Waals surface area (Å²) in [5.41, 5.74) is -0.276. The first-order valence-electron chi connectivity index (χ1n) is 10.9. The lowest BCUT2D eigenvalue weighted by molar-refractivity contribution is -0.155. The molecule has 1 aromatic rings. The highest BCUT2D eigenvalue weighted by atomic mass is 16.5. The van der Waals surface area contributed by atoms with Crippen molar-refractivity contribution < 1.29 is 18.7 Å². The van der Waals surface area contributed by atoms with Gasteiger partial charge in [-0.05, 0) is 50.2 Å². The Kier molecular flexibility index (Phi) is 6.70. The molecule has 1 unspecified atom stereocenters. The summed E-state index contributed by atoms with van der Waals surface area (Å²) in [4.78, 5) is 42.0. The van der Waals surface area contributed by atoms with Crippen molar-refractivity contribution in [1.82, 2.24) is 9.80 Å². The summed E-state index contributed by atoms with van der Waals surface area (Å²) in [7, 11) is 3.48. The predicted octanol–water partition coefficient (Wildman–Crippen LogP) is 2.64. The first kappa shape index (κ1) is 22.5. The van der Waals surface area contributed by atoms with E-state index in [0.717, 1.165) is 6.42 Å². The fourth-order valence-corrected chi connectivity index (χ4v) is 4.74. The summed E-state index contributed by atoms with van der Waals surface area (Å²) in [5, 5.41) is 0. The molecule has 166 valence electrons. The van der Waals surface area contributed by atoms with Gasteiger partial charge < -0.3 is 19.0 Å². The SMILES string of the molecule is COC1CN(C)C(=O)C2(CCN(C(=O)c3c(C)cc(CCC(C)C)oc3=O)CC2)C1. The fourth-order valence-electron chi connectivity index (χ4n) is 4.74. The number of likely N-dealkylation sites (tertiary alicyclic amines) is 2. The van der Waals surface area contributed by atoms with E-state index < -0.39 is 11.0 Å². The van der Waals surface area contributed by atoms with Gasteiger partial charge in [-0.3, -0.25) is 9.59 Å². The minimum atomic E-state index is -0.563. The summed E-state index contributed by atoms with van der Waals surface area (Å²) in [5.74, 6) is 0.971. The topological polar surface area (TPSA) is 80.1 Å². The molecular formula is C23H34N2O5. The van der Waals surface area contributed by atoms with E-state index >= 15 is 0 Å². The Morgan fingerprint density at radius 2 is 1.97 bits per heavy atom. The number of ether oxygens (including phenoxy) is 1. The van der Waals surface area contributed by atoms with E-state index in [1.54, 1.807) is 23.8 Å². The lowest BCUT2D eigenvalue weighted by Gasteiger charge is -2.47. The Balaban J connectivity index is 1.72. The van der Waals surface area contributed by atoms with Crippen LogP contribution in [0.2, 0.25) is 0 Å². The number of nitrogens with zero attached hydrogens (tertiary/aromatic N) is 2. The van der Waals surface area contributed by atoms with Crippen LogP contribution in [0.1, 0.15) is 61.2 Å². The maximum absolute atomic E-state index is 13.1. The Morgan fingerprint density at radius 3 is 2.53 bits per heavy atom. The Hall–Kier alpha value is -2.15. The molecule has 2 aliphatic heterocycles. The third kappa shape index (κ3) is 4.46. The zero-order valence-corrected chi connectivity index (χ0v) is 18.8. The second kappa shape index (κ2) is 8.92. The van der Waals surface area contributed by atoms with Gasteiger partial charge >= 0.3 is 5.63 Å². The van der Waals surface area contributed by atoms with Gasteiger partial charge in [-0.2, -0.15) is 0 Å². The van der Waals surface area contributed by atoms with Crippen LogP contribution in [-0.4, -0.2) is 61.5 Å². The predicted molar refractivity (Wildman–Crippen MR) is 113 cm³/mol. The number of likely N-dealkylation sites (N-methyl/N-ethyl adjacent to an activating group) is 1. The lowest BCUT2D eigenvalue weighted by Crippen LogP contribution is -2.57. The van der Waals surface area contributed by atoms with E-state index in [1.807, 2.05) is 13.1 Å². The molecule has 30 heavy (non-hydrogen) atoms. The number of carbonyl (C=O) groups excluding carboxylic acids is 2. The summed E-state index contributed by atoms with van der Waals surface area (Å²) in [6, 6.07) is 1.81. The van der Waals surface area contributed by atoms with Crippen LogP contribution in [0, 0.1) is 18.3 Å². The Morgan fingerprint density at radius 1 is 1.30 bits per heavy atom. The monoisotopic (exact) mass is 418 g/mol. The van der Waals surface area contributed by atoms with Gasteiger partial charge in [0.25, 0.3) is 5.91 Å². The summed E-state index contributed by atoms with van der Waals surface area (Å²) >= 11 is 0. The van der Waals surface area contributed by atoms with Gasteiger partial charge in [0.05, 0.1) is 11.5 Å². The van der Waals surface area contributed by atoms with Crippen molar-refractivity contribution in [3.05, 3.63) is 33.4 Å². The van der Waals surface area contributed by atoms with Crippen molar-refractivity contribution in [2.24, 2.45) is 11.3 Å². The zero-order chi connectivity index (χ0) is 22.1. The standard InChI is InChI=1S/C23H34N2O5/c1-15(2)6-7-17-12-16(3)19(21(27)30-17)20(26)25-10-8-23(9-11-25)13-18(29-5)14-24(4)22(23)28/h12,15,18H,6-11,13-14H2,1-5H3. The van der Waals surface area contributed by atoms with Gasteiger partial charge in [0.2, 0.25) is 5.91 Å². The molecule has 1 atom stereocenters. The molecule has 0 bridgehead atoms. The average molecular weight is 419 g/mol. The lowest BCUT2D eigenvalue weighted by atomic mass is 9.71. The molecule has 0 saturated carbocycles. The van der Waals surface area contributed by atoms with Gasteiger partial charge in [0.1, 0.15) is 11.3 Å². The van der Waals surface area contributed by atoms with E-state index in [9.17, 15) is 14.4 Å². The van der Waals surface area contributed by atoms with Crippen LogP contribution in [0.15, 0.2) is 15.3 Å². The summed E-state index contributed by atoms with van der Waals surface area (Å²) in [6.45, 7) is 7.53. The van der Waals surface area contributed by atoms with Crippen LogP contribution in [0.25, 0.3) is 0 Å². The molecule has 2 aliphatic rings. The smallest absolute Gasteiger partial charge is 0.349 e. The number of methoxy groups -OCH3 is 1. The minimum absolute atomic E-state index is 0.0163. The number of hydrogen-bond acceptors (Lipinski definition) is 5. The highest BCUT2D eigenvalue weighted by Crippen LogP contribution is 2.41. The average Bonchev–Trinajstić information content (AvgIpc) is 2.70.